The van der Waals surface area contributed by atoms with Crippen molar-refractivity contribution in [1.29, 1.82) is 5.26 Å². The Morgan fingerprint density at radius 2 is 2.06 bits per heavy atom. The zero-order valence-electron chi connectivity index (χ0n) is 19.1. The largest absolute Gasteiger partial charge is 0.382 e. The first-order valence-electron chi connectivity index (χ1n) is 11.2. The van der Waals surface area contributed by atoms with Gasteiger partial charge in [-0.25, -0.2) is 4.52 Å². The molecule has 10 heteroatoms. The highest BCUT2D eigenvalue weighted by molar-refractivity contribution is 7.16. The van der Waals surface area contributed by atoms with E-state index >= 15 is 0 Å². The SMILES string of the molecule is CC1CC(NC(=O)c2nnc(-c3cnc(-c4ccc5cc(C#N)cnn45)cc3NC(C)C)s2)C1. The molecule has 1 aliphatic carbocycles. The molecule has 4 aromatic rings. The normalized spacial score (nSPS) is 17.4. The highest BCUT2D eigenvalue weighted by Gasteiger charge is 2.28. The Labute approximate surface area is 200 Å². The molecule has 2 N–H and O–H groups in total. The van der Waals surface area contributed by atoms with Gasteiger partial charge in [-0.05, 0) is 56.9 Å². The monoisotopic (exact) mass is 472 g/mol. The summed E-state index contributed by atoms with van der Waals surface area (Å²) in [6.07, 6.45) is 5.30. The number of nitriles is 1. The zero-order chi connectivity index (χ0) is 23.8. The molecular weight excluding hydrogens is 448 g/mol. The molecule has 1 saturated carbocycles. The third-order valence-electron chi connectivity index (χ3n) is 5.80. The second kappa shape index (κ2) is 8.83. The van der Waals surface area contributed by atoms with Gasteiger partial charge in [-0.15, -0.1) is 10.2 Å². The van der Waals surface area contributed by atoms with E-state index in [1.165, 1.54) is 17.5 Å². The minimum Gasteiger partial charge on any atom is -0.382 e. The molecule has 0 saturated heterocycles. The van der Waals surface area contributed by atoms with Crippen LogP contribution in [-0.4, -0.2) is 42.8 Å². The van der Waals surface area contributed by atoms with E-state index in [4.69, 9.17) is 5.26 Å². The summed E-state index contributed by atoms with van der Waals surface area (Å²) in [4.78, 5) is 17.2. The fourth-order valence-electron chi connectivity index (χ4n) is 4.14. The van der Waals surface area contributed by atoms with Gasteiger partial charge in [0.1, 0.15) is 6.07 Å². The van der Waals surface area contributed by atoms with Gasteiger partial charge in [0.05, 0.1) is 34.2 Å². The lowest BCUT2D eigenvalue weighted by Crippen LogP contribution is -2.43. The van der Waals surface area contributed by atoms with Crippen LogP contribution in [0.25, 0.3) is 27.5 Å². The topological polar surface area (TPSA) is 121 Å². The van der Waals surface area contributed by atoms with E-state index in [1.807, 2.05) is 18.2 Å². The maximum Gasteiger partial charge on any atom is 0.282 e. The van der Waals surface area contributed by atoms with Crippen molar-refractivity contribution in [2.45, 2.75) is 45.7 Å². The highest BCUT2D eigenvalue weighted by atomic mass is 32.1. The van der Waals surface area contributed by atoms with Gasteiger partial charge in [0.15, 0.2) is 5.01 Å². The number of anilines is 1. The number of aromatic nitrogens is 5. The molecule has 5 rings (SSSR count). The minimum absolute atomic E-state index is 0.172. The number of carbonyl (C=O) groups is 1. The average Bonchev–Trinajstić information content (AvgIpc) is 3.44. The number of carbonyl (C=O) groups excluding carboxylic acids is 1. The van der Waals surface area contributed by atoms with Gasteiger partial charge in [-0.3, -0.25) is 9.78 Å². The summed E-state index contributed by atoms with van der Waals surface area (Å²) >= 11 is 1.26. The fourth-order valence-corrected chi connectivity index (χ4v) is 4.91. The Balaban J connectivity index is 1.47. The van der Waals surface area contributed by atoms with Gasteiger partial charge in [-0.1, -0.05) is 18.3 Å². The molecule has 4 aromatic heterocycles. The first-order valence-corrected chi connectivity index (χ1v) is 12.0. The molecule has 1 amide bonds. The van der Waals surface area contributed by atoms with E-state index < -0.39 is 0 Å². The molecule has 4 heterocycles. The minimum atomic E-state index is -0.175. The van der Waals surface area contributed by atoms with E-state index in [2.05, 4.69) is 57.8 Å². The van der Waals surface area contributed by atoms with Gasteiger partial charge in [-0.2, -0.15) is 10.4 Å². The van der Waals surface area contributed by atoms with Crippen molar-refractivity contribution in [2.24, 2.45) is 5.92 Å². The number of nitrogens with zero attached hydrogens (tertiary/aromatic N) is 6. The number of pyridine rings is 1. The summed E-state index contributed by atoms with van der Waals surface area (Å²) in [6.45, 7) is 6.29. The number of fused-ring (bicyclic) bond motifs is 1. The third kappa shape index (κ3) is 4.22. The molecule has 1 fully saturated rings. The Bertz CT molecular complexity index is 1410. The van der Waals surface area contributed by atoms with Crippen LogP contribution < -0.4 is 10.6 Å². The van der Waals surface area contributed by atoms with Crippen molar-refractivity contribution >= 4 is 28.4 Å². The Morgan fingerprint density at radius 1 is 1.24 bits per heavy atom. The van der Waals surface area contributed by atoms with Gasteiger partial charge in [0.2, 0.25) is 5.01 Å². The number of nitrogens with one attached hydrogen (secondary N) is 2. The summed E-state index contributed by atoms with van der Waals surface area (Å²) in [5, 5.41) is 29.4. The van der Waals surface area contributed by atoms with Gasteiger partial charge >= 0.3 is 0 Å². The highest BCUT2D eigenvalue weighted by Crippen LogP contribution is 2.34. The lowest BCUT2D eigenvalue weighted by molar-refractivity contribution is 0.0895. The van der Waals surface area contributed by atoms with Gasteiger partial charge in [0, 0.05) is 24.0 Å². The number of hydrogen-bond donors (Lipinski definition) is 2. The first-order chi connectivity index (χ1) is 16.4. The molecule has 34 heavy (non-hydrogen) atoms. The predicted molar refractivity (Wildman–Crippen MR) is 130 cm³/mol. The van der Waals surface area contributed by atoms with Crippen LogP contribution in [0.15, 0.2) is 36.7 Å². The number of amides is 1. The van der Waals surface area contributed by atoms with Crippen LogP contribution in [0.1, 0.15) is 49.0 Å². The van der Waals surface area contributed by atoms with Crippen LogP contribution in [0.3, 0.4) is 0 Å². The fraction of sp³-hybridized carbons (Fsp3) is 0.333. The Kier molecular flexibility index (Phi) is 5.71. The van der Waals surface area contributed by atoms with Crippen LogP contribution in [0, 0.1) is 17.2 Å². The van der Waals surface area contributed by atoms with Crippen molar-refractivity contribution < 1.29 is 4.79 Å². The molecule has 1 aliphatic rings. The molecule has 9 nitrogen and oxygen atoms in total. The van der Waals surface area contributed by atoms with E-state index in [1.54, 1.807) is 16.8 Å². The van der Waals surface area contributed by atoms with E-state index in [0.717, 1.165) is 41.0 Å². The maximum atomic E-state index is 12.6. The summed E-state index contributed by atoms with van der Waals surface area (Å²) in [5.74, 6) is 0.483. The quantitative estimate of drug-likeness (QED) is 0.433. The smallest absolute Gasteiger partial charge is 0.282 e. The maximum absolute atomic E-state index is 12.6. The molecule has 0 unspecified atom stereocenters. The molecular formula is C24H24N8OS. The van der Waals surface area contributed by atoms with Crippen LogP contribution in [0.5, 0.6) is 0 Å². The third-order valence-corrected chi connectivity index (χ3v) is 6.75. The van der Waals surface area contributed by atoms with Crippen molar-refractivity contribution in [3.05, 3.63) is 47.2 Å². The van der Waals surface area contributed by atoms with Gasteiger partial charge in [0.25, 0.3) is 5.91 Å². The summed E-state index contributed by atoms with van der Waals surface area (Å²) in [5.41, 5.74) is 4.49. The summed E-state index contributed by atoms with van der Waals surface area (Å²) < 4.78 is 1.76. The second-order valence-corrected chi connectivity index (χ2v) is 9.96. The molecule has 0 bridgehead atoms. The van der Waals surface area contributed by atoms with E-state index in [0.29, 0.717) is 21.5 Å². The van der Waals surface area contributed by atoms with Crippen molar-refractivity contribution in [3.8, 4) is 28.0 Å². The van der Waals surface area contributed by atoms with Crippen LogP contribution in [0.4, 0.5) is 5.69 Å². The summed E-state index contributed by atoms with van der Waals surface area (Å²) in [7, 11) is 0. The molecule has 172 valence electrons. The molecule has 0 aromatic carbocycles. The molecule has 0 radical (unpaired) electrons. The predicted octanol–water partition coefficient (Wildman–Crippen LogP) is 4.14. The Hall–Kier alpha value is -3.84. The zero-order valence-corrected chi connectivity index (χ0v) is 19.9. The van der Waals surface area contributed by atoms with Gasteiger partial charge < -0.3 is 10.6 Å². The molecule has 0 aliphatic heterocycles. The van der Waals surface area contributed by atoms with Crippen LogP contribution in [0.2, 0.25) is 0 Å². The van der Waals surface area contributed by atoms with Crippen molar-refractivity contribution in [3.63, 3.8) is 0 Å². The first kappa shape index (κ1) is 22.0. The lowest BCUT2D eigenvalue weighted by Gasteiger charge is -2.32. The van der Waals surface area contributed by atoms with Crippen molar-refractivity contribution in [1.82, 2.24) is 30.1 Å². The average molecular weight is 473 g/mol. The summed E-state index contributed by atoms with van der Waals surface area (Å²) in [6, 6.07) is 10.1. The van der Waals surface area contributed by atoms with E-state index in [-0.39, 0.29) is 18.0 Å². The standard InChI is InChI=1S/C24H24N8OS/c1-13(2)28-19-9-20(21-5-4-17-8-15(10-25)11-27-32(17)21)26-12-18(19)23-30-31-24(34-23)22(33)29-16-6-14(3)7-16/h4-5,8-9,11-14,16H,6-7H2,1-3H3,(H,26,28)(H,29,33). The van der Waals surface area contributed by atoms with Crippen LogP contribution in [-0.2, 0) is 0 Å². The molecule has 0 atom stereocenters. The van der Waals surface area contributed by atoms with Crippen molar-refractivity contribution in [2.75, 3.05) is 5.32 Å². The van der Waals surface area contributed by atoms with Crippen LogP contribution >= 0.6 is 11.3 Å². The lowest BCUT2D eigenvalue weighted by atomic mass is 9.82. The van der Waals surface area contributed by atoms with E-state index in [9.17, 15) is 4.79 Å². The molecule has 0 spiro atoms. The number of hydrogen-bond acceptors (Lipinski definition) is 8. The second-order valence-electron chi connectivity index (χ2n) is 8.98. The number of rotatable bonds is 6. The Morgan fingerprint density at radius 3 is 2.79 bits per heavy atom.